The first-order chi connectivity index (χ1) is 15.4. The van der Waals surface area contributed by atoms with E-state index in [-0.39, 0.29) is 42.9 Å². The molecule has 1 amide bonds. The molecule has 6 nitrogen and oxygen atoms in total. The summed E-state index contributed by atoms with van der Waals surface area (Å²) >= 11 is 0. The molecule has 1 fully saturated rings. The van der Waals surface area contributed by atoms with E-state index in [0.29, 0.717) is 5.56 Å². The maximum absolute atomic E-state index is 13.1. The van der Waals surface area contributed by atoms with Crippen LogP contribution < -0.4 is 5.32 Å². The zero-order valence-electron chi connectivity index (χ0n) is 18.4. The van der Waals surface area contributed by atoms with Crippen molar-refractivity contribution < 1.29 is 31.5 Å². The third-order valence-corrected chi connectivity index (χ3v) is 7.93. The summed E-state index contributed by atoms with van der Waals surface area (Å²) in [6.45, 7) is 3.57. The van der Waals surface area contributed by atoms with Gasteiger partial charge in [0.2, 0.25) is 15.9 Å². The maximum Gasteiger partial charge on any atom is 0.416 e. The van der Waals surface area contributed by atoms with Crippen molar-refractivity contribution in [2.24, 2.45) is 5.92 Å². The van der Waals surface area contributed by atoms with E-state index in [2.05, 4.69) is 5.32 Å². The Bertz CT molecular complexity index is 1110. The van der Waals surface area contributed by atoms with Gasteiger partial charge in [0.15, 0.2) is 0 Å². The van der Waals surface area contributed by atoms with Gasteiger partial charge in [0.25, 0.3) is 0 Å². The molecule has 0 spiro atoms. The molecule has 1 unspecified atom stereocenters. The first-order valence-corrected chi connectivity index (χ1v) is 12.0. The number of hydrogen-bond acceptors (Lipinski definition) is 4. The van der Waals surface area contributed by atoms with E-state index in [4.69, 9.17) is 0 Å². The Labute approximate surface area is 191 Å². The second-order valence-corrected chi connectivity index (χ2v) is 10.2. The molecule has 3 rings (SSSR count). The number of halogens is 3. The fraction of sp³-hybridized carbons (Fsp3) is 0.435. The van der Waals surface area contributed by atoms with Gasteiger partial charge >= 0.3 is 6.18 Å². The lowest BCUT2D eigenvalue weighted by Gasteiger charge is -2.31. The SMILES string of the molecule is Cc1ccc(S(=O)(=O)N2CCC(C(=O)NCC(O)c3ccccc3C(F)(F)F)CC2)c(C)c1. The lowest BCUT2D eigenvalue weighted by molar-refractivity contribution is -0.139. The molecule has 2 aromatic carbocycles. The average Bonchev–Trinajstić information content (AvgIpc) is 2.76. The molecule has 180 valence electrons. The predicted molar refractivity (Wildman–Crippen MR) is 117 cm³/mol. The fourth-order valence-electron chi connectivity index (χ4n) is 4.08. The summed E-state index contributed by atoms with van der Waals surface area (Å²) in [6.07, 6.45) is -5.57. The largest absolute Gasteiger partial charge is 0.416 e. The number of carbonyl (C=O) groups excluding carboxylic acids is 1. The second kappa shape index (κ2) is 9.82. The minimum atomic E-state index is -4.62. The smallest absolute Gasteiger partial charge is 0.387 e. The molecule has 1 saturated heterocycles. The number of aliphatic hydroxyl groups excluding tert-OH is 1. The van der Waals surface area contributed by atoms with Crippen LogP contribution in [-0.4, -0.2) is 43.4 Å². The van der Waals surface area contributed by atoms with Gasteiger partial charge in [-0.3, -0.25) is 4.79 Å². The Morgan fingerprint density at radius 1 is 1.15 bits per heavy atom. The molecule has 1 atom stereocenters. The highest BCUT2D eigenvalue weighted by molar-refractivity contribution is 7.89. The molecule has 1 aliphatic rings. The summed E-state index contributed by atoms with van der Waals surface area (Å²) in [6, 6.07) is 9.80. The number of alkyl halides is 3. The Morgan fingerprint density at radius 2 is 1.79 bits per heavy atom. The first-order valence-electron chi connectivity index (χ1n) is 10.6. The third kappa shape index (κ3) is 5.74. The van der Waals surface area contributed by atoms with Gasteiger partial charge in [-0.25, -0.2) is 8.42 Å². The van der Waals surface area contributed by atoms with Crippen molar-refractivity contribution in [1.82, 2.24) is 9.62 Å². The van der Waals surface area contributed by atoms with Crippen LogP contribution in [0.4, 0.5) is 13.2 Å². The maximum atomic E-state index is 13.1. The highest BCUT2D eigenvalue weighted by Crippen LogP contribution is 2.34. The van der Waals surface area contributed by atoms with Crippen LogP contribution in [0.1, 0.15) is 41.2 Å². The number of amides is 1. The molecule has 0 radical (unpaired) electrons. The number of sulfonamides is 1. The van der Waals surface area contributed by atoms with Crippen LogP contribution in [0.2, 0.25) is 0 Å². The Morgan fingerprint density at radius 3 is 2.39 bits per heavy atom. The topological polar surface area (TPSA) is 86.7 Å². The van der Waals surface area contributed by atoms with Crippen molar-refractivity contribution in [2.75, 3.05) is 19.6 Å². The monoisotopic (exact) mass is 484 g/mol. The van der Waals surface area contributed by atoms with E-state index in [1.165, 1.54) is 22.5 Å². The number of benzene rings is 2. The van der Waals surface area contributed by atoms with Gasteiger partial charge < -0.3 is 10.4 Å². The van der Waals surface area contributed by atoms with Crippen molar-refractivity contribution in [2.45, 2.75) is 43.9 Å². The van der Waals surface area contributed by atoms with E-state index in [9.17, 15) is 31.5 Å². The number of nitrogens with zero attached hydrogens (tertiary/aromatic N) is 1. The van der Waals surface area contributed by atoms with Crippen LogP contribution in [0.3, 0.4) is 0 Å². The summed E-state index contributed by atoms with van der Waals surface area (Å²) in [5.74, 6) is -0.900. The molecule has 0 saturated carbocycles. The molecule has 0 aromatic heterocycles. The van der Waals surface area contributed by atoms with Crippen LogP contribution in [0.25, 0.3) is 0 Å². The molecular weight excluding hydrogens is 457 g/mol. The van der Waals surface area contributed by atoms with Gasteiger partial charge in [-0.2, -0.15) is 17.5 Å². The van der Waals surface area contributed by atoms with E-state index in [1.54, 1.807) is 25.1 Å². The first kappa shape index (κ1) is 25.2. The van der Waals surface area contributed by atoms with Crippen molar-refractivity contribution in [3.8, 4) is 0 Å². The number of rotatable bonds is 6. The minimum absolute atomic E-state index is 0.160. The molecule has 2 N–H and O–H groups in total. The standard InChI is InChI=1S/C23H27F3N2O4S/c1-15-7-8-21(16(2)13-15)33(31,32)28-11-9-17(10-12-28)22(30)27-14-20(29)18-5-3-4-6-19(18)23(24,25)26/h3-8,13,17,20,29H,9-12,14H2,1-2H3,(H,27,30). The van der Waals surface area contributed by atoms with Crippen LogP contribution in [0.15, 0.2) is 47.4 Å². The van der Waals surface area contributed by atoms with Crippen molar-refractivity contribution in [1.29, 1.82) is 0 Å². The van der Waals surface area contributed by atoms with Crippen LogP contribution in [-0.2, 0) is 21.0 Å². The summed E-state index contributed by atoms with van der Waals surface area (Å²) < 4.78 is 66.8. The average molecular weight is 485 g/mol. The Hall–Kier alpha value is -2.43. The van der Waals surface area contributed by atoms with Gasteiger partial charge in [0.1, 0.15) is 0 Å². The zero-order chi connectivity index (χ0) is 24.4. The predicted octanol–water partition coefficient (Wildman–Crippen LogP) is 3.57. The lowest BCUT2D eigenvalue weighted by atomic mass is 9.96. The molecule has 10 heteroatoms. The van der Waals surface area contributed by atoms with E-state index < -0.39 is 39.7 Å². The minimum Gasteiger partial charge on any atom is -0.387 e. The number of piperidine rings is 1. The summed E-state index contributed by atoms with van der Waals surface area (Å²) in [7, 11) is -3.68. The molecule has 33 heavy (non-hydrogen) atoms. The number of nitrogens with one attached hydrogen (secondary N) is 1. The Balaban J connectivity index is 1.58. The van der Waals surface area contributed by atoms with E-state index >= 15 is 0 Å². The highest BCUT2D eigenvalue weighted by atomic mass is 32.2. The molecule has 0 aliphatic carbocycles. The fourth-order valence-corrected chi connectivity index (χ4v) is 5.76. The van der Waals surface area contributed by atoms with Gasteiger partial charge in [0, 0.05) is 25.6 Å². The number of aryl methyl sites for hydroxylation is 2. The van der Waals surface area contributed by atoms with Crippen molar-refractivity contribution in [3.05, 3.63) is 64.7 Å². The molecular formula is C23H27F3N2O4S. The summed E-state index contributed by atoms with van der Waals surface area (Å²) in [5, 5.41) is 12.7. The van der Waals surface area contributed by atoms with Gasteiger partial charge in [-0.1, -0.05) is 35.9 Å². The van der Waals surface area contributed by atoms with Crippen molar-refractivity contribution in [3.63, 3.8) is 0 Å². The zero-order valence-corrected chi connectivity index (χ0v) is 19.2. The molecule has 2 aromatic rings. The molecule has 0 bridgehead atoms. The van der Waals surface area contributed by atoms with Crippen LogP contribution in [0, 0.1) is 19.8 Å². The highest BCUT2D eigenvalue weighted by Gasteiger charge is 2.35. The number of aliphatic hydroxyl groups is 1. The van der Waals surface area contributed by atoms with E-state index in [1.807, 2.05) is 6.92 Å². The second-order valence-electron chi connectivity index (χ2n) is 8.29. The van der Waals surface area contributed by atoms with Gasteiger partial charge in [0.05, 0.1) is 16.6 Å². The summed E-state index contributed by atoms with van der Waals surface area (Å²) in [5.41, 5.74) is 0.362. The lowest BCUT2D eigenvalue weighted by Crippen LogP contribution is -2.43. The summed E-state index contributed by atoms with van der Waals surface area (Å²) in [4.78, 5) is 12.8. The normalized spacial score (nSPS) is 17.0. The third-order valence-electron chi connectivity index (χ3n) is 5.87. The van der Waals surface area contributed by atoms with Crippen LogP contribution >= 0.6 is 0 Å². The van der Waals surface area contributed by atoms with Gasteiger partial charge in [-0.15, -0.1) is 0 Å². The van der Waals surface area contributed by atoms with E-state index in [0.717, 1.165) is 11.6 Å². The van der Waals surface area contributed by atoms with Gasteiger partial charge in [-0.05, 0) is 49.9 Å². The number of hydrogen-bond donors (Lipinski definition) is 2. The van der Waals surface area contributed by atoms with Crippen molar-refractivity contribution >= 4 is 15.9 Å². The number of carbonyl (C=O) groups is 1. The van der Waals surface area contributed by atoms with Crippen LogP contribution in [0.5, 0.6) is 0 Å². The molecule has 1 heterocycles. The Kier molecular flexibility index (Phi) is 7.50. The quantitative estimate of drug-likeness (QED) is 0.656. The molecule has 1 aliphatic heterocycles.